The Morgan fingerprint density at radius 3 is 2.67 bits per heavy atom. The number of nitrogens with zero attached hydrogens (tertiary/aromatic N) is 6. The zero-order valence-electron chi connectivity index (χ0n) is 5.32. The quantitative estimate of drug-likeness (QED) is 0.297. The summed E-state index contributed by atoms with van der Waals surface area (Å²) in [5.41, 5.74) is -0.966. The van der Waals surface area contributed by atoms with Crippen molar-refractivity contribution < 1.29 is 19.3 Å². The van der Waals surface area contributed by atoms with Gasteiger partial charge in [-0.1, -0.05) is 0 Å². The summed E-state index contributed by atoms with van der Waals surface area (Å²) < 4.78 is 3.99. The molecule has 0 atom stereocenters. The molecule has 2 aromatic heterocycles. The second-order valence-electron chi connectivity index (χ2n) is 1.79. The van der Waals surface area contributed by atoms with E-state index in [1.54, 1.807) is 0 Å². The molecule has 12 heavy (non-hydrogen) atoms. The van der Waals surface area contributed by atoms with Crippen molar-refractivity contribution in [1.29, 1.82) is 0 Å². The average Bonchev–Trinajstić information content (AvgIpc) is 2.33. The first-order valence-electron chi connectivity index (χ1n) is 2.66. The van der Waals surface area contributed by atoms with Crippen molar-refractivity contribution in [3.05, 3.63) is 15.6 Å². The van der Waals surface area contributed by atoms with Gasteiger partial charge in [0.15, 0.2) is 4.96 Å². The molecule has 0 amide bonds. The third-order valence-corrected chi connectivity index (χ3v) is 1.09. The van der Waals surface area contributed by atoms with Gasteiger partial charge in [-0.25, -0.2) is 0 Å². The van der Waals surface area contributed by atoms with Gasteiger partial charge in [0, 0.05) is 0 Å². The van der Waals surface area contributed by atoms with Crippen LogP contribution in [-0.4, -0.2) is 15.5 Å². The molecule has 0 bridgehead atoms. The number of fused-ring (bicyclic) bond motifs is 1. The Labute approximate surface area is 62.9 Å². The molecule has 0 saturated carbocycles. The van der Waals surface area contributed by atoms with Gasteiger partial charge in [0.1, 0.15) is 0 Å². The largest absolute Gasteiger partial charge is 0.587 e. The lowest BCUT2D eigenvalue weighted by atomic mass is 10.8. The van der Waals surface area contributed by atoms with Crippen LogP contribution in [0.25, 0.3) is 11.3 Å². The maximum absolute atomic E-state index is 10.7. The third kappa shape index (κ3) is 0.680. The van der Waals surface area contributed by atoms with Gasteiger partial charge in [0.25, 0.3) is 0 Å². The zero-order chi connectivity index (χ0) is 8.72. The van der Waals surface area contributed by atoms with Gasteiger partial charge < -0.3 is 20.3 Å². The van der Waals surface area contributed by atoms with E-state index < -0.39 is 11.3 Å². The van der Waals surface area contributed by atoms with Crippen molar-refractivity contribution in [2.24, 2.45) is 0 Å². The highest BCUT2D eigenvalue weighted by Crippen LogP contribution is 1.89. The minimum atomic E-state index is -0.519. The summed E-state index contributed by atoms with van der Waals surface area (Å²) in [5.74, 6) is 0. The van der Waals surface area contributed by atoms with Gasteiger partial charge in [-0.15, -0.1) is 0 Å². The molecule has 2 aromatic rings. The van der Waals surface area contributed by atoms with Crippen LogP contribution in [0.1, 0.15) is 0 Å². The van der Waals surface area contributed by atoms with Gasteiger partial charge in [0.05, 0.1) is 10.0 Å². The Morgan fingerprint density at radius 2 is 1.92 bits per heavy atom. The van der Waals surface area contributed by atoms with Crippen molar-refractivity contribution in [2.75, 3.05) is 0 Å². The molecule has 0 spiro atoms. The summed E-state index contributed by atoms with van der Waals surface area (Å²) in [6, 6.07) is 0. The smallest absolute Gasteiger partial charge is 0.520 e. The van der Waals surface area contributed by atoms with Gasteiger partial charge in [-0.2, -0.15) is 0 Å². The fraction of sp³-hybridized carbons (Fsp3) is 0. The summed E-state index contributed by atoms with van der Waals surface area (Å²) in [4.78, 5) is -0.631. The standard InChI is InChI=1S/C2N6O4/c9-6-2-1(3-8(11)5-6)7(10)12-4-2. The fourth-order valence-electron chi connectivity index (χ4n) is 0.651. The lowest BCUT2D eigenvalue weighted by Crippen LogP contribution is -2.51. The van der Waals surface area contributed by atoms with Gasteiger partial charge in [-0.3, -0.25) is 0 Å². The first-order chi connectivity index (χ1) is 5.68. The summed E-state index contributed by atoms with van der Waals surface area (Å²) in [5, 5.41) is 40.4. The fourth-order valence-corrected chi connectivity index (χ4v) is 0.651. The van der Waals surface area contributed by atoms with E-state index in [0.29, 0.717) is 0 Å². The van der Waals surface area contributed by atoms with E-state index in [1.807, 2.05) is 0 Å². The summed E-state index contributed by atoms with van der Waals surface area (Å²) in [6.07, 6.45) is 0. The molecule has 0 aliphatic heterocycles. The molecule has 0 aliphatic carbocycles. The van der Waals surface area contributed by atoms with Crippen molar-refractivity contribution >= 4 is 11.3 Å². The minimum Gasteiger partial charge on any atom is -0.587 e. The molecule has 10 heteroatoms. The van der Waals surface area contributed by atoms with Gasteiger partial charge >= 0.3 is 16.5 Å². The van der Waals surface area contributed by atoms with E-state index in [0.717, 1.165) is 0 Å². The molecule has 0 fully saturated rings. The molecule has 0 aliphatic rings. The maximum Gasteiger partial charge on any atom is 0.520 e. The third-order valence-electron chi connectivity index (χ3n) is 1.09. The highest BCUT2D eigenvalue weighted by Gasteiger charge is 2.28. The Hall–Kier alpha value is -2.26. The molecular formula is C2N6O4. The van der Waals surface area contributed by atoms with E-state index in [2.05, 4.69) is 20.1 Å². The van der Waals surface area contributed by atoms with Gasteiger partial charge in [-0.05, 0) is 4.90 Å². The topological polar surface area (TPSA) is 133 Å². The summed E-state index contributed by atoms with van der Waals surface area (Å²) >= 11 is 0. The molecule has 2 heterocycles. The van der Waals surface area contributed by atoms with Crippen LogP contribution in [-0.2, 0) is 0 Å². The van der Waals surface area contributed by atoms with Crippen LogP contribution in [0.2, 0.25) is 0 Å². The molecule has 2 rings (SSSR count). The molecule has 0 N–H and O–H groups in total. The monoisotopic (exact) mass is 172 g/mol. The molecule has 0 unspecified atom stereocenters. The second-order valence-corrected chi connectivity index (χ2v) is 1.79. The Morgan fingerprint density at radius 1 is 1.17 bits per heavy atom. The number of hydrogen-bond donors (Lipinski definition) is 0. The van der Waals surface area contributed by atoms with Crippen molar-refractivity contribution in [2.45, 2.75) is 0 Å². The summed E-state index contributed by atoms with van der Waals surface area (Å²) in [7, 11) is 0. The maximum atomic E-state index is 10.7. The number of rotatable bonds is 0. The first kappa shape index (κ1) is 6.45. The zero-order valence-corrected chi connectivity index (χ0v) is 5.32. The predicted octanol–water partition coefficient (Wildman–Crippen LogP) is -3.48. The molecule has 0 saturated heterocycles. The molecule has 0 aromatic carbocycles. The lowest BCUT2D eigenvalue weighted by molar-refractivity contribution is -0.870. The molecule has 10 nitrogen and oxygen atoms in total. The van der Waals surface area contributed by atoms with Crippen molar-refractivity contribution in [1.82, 2.24) is 15.5 Å². The summed E-state index contributed by atoms with van der Waals surface area (Å²) in [6.45, 7) is 0. The van der Waals surface area contributed by atoms with Crippen LogP contribution in [0.3, 0.4) is 0 Å². The van der Waals surface area contributed by atoms with E-state index in [1.165, 1.54) is 0 Å². The van der Waals surface area contributed by atoms with E-state index in [4.69, 9.17) is 0 Å². The van der Waals surface area contributed by atoms with Crippen LogP contribution in [0, 0.1) is 15.6 Å². The highest BCUT2D eigenvalue weighted by atomic mass is 16.8. The van der Waals surface area contributed by atoms with Crippen LogP contribution in [0.4, 0.5) is 0 Å². The van der Waals surface area contributed by atoms with Crippen LogP contribution in [0.5, 0.6) is 0 Å². The Kier molecular flexibility index (Phi) is 1.00. The van der Waals surface area contributed by atoms with Crippen LogP contribution in [0.15, 0.2) is 4.63 Å². The van der Waals surface area contributed by atoms with Crippen LogP contribution < -0.4 is 14.7 Å². The van der Waals surface area contributed by atoms with E-state index in [9.17, 15) is 15.6 Å². The second kappa shape index (κ2) is 1.87. The van der Waals surface area contributed by atoms with E-state index >= 15 is 0 Å². The Balaban J connectivity index is 2.92. The van der Waals surface area contributed by atoms with Gasteiger partial charge in [0.2, 0.25) is 5.10 Å². The normalized spacial score (nSPS) is 10.7. The predicted molar refractivity (Wildman–Crippen MR) is 26.5 cm³/mol. The number of aromatic nitrogens is 6. The van der Waals surface area contributed by atoms with Crippen LogP contribution >= 0.6 is 0 Å². The molecule has 62 valence electrons. The first-order valence-corrected chi connectivity index (χ1v) is 2.66. The van der Waals surface area contributed by atoms with E-state index in [-0.39, 0.29) is 14.7 Å². The lowest BCUT2D eigenvalue weighted by Gasteiger charge is -1.84. The molecular weight excluding hydrogens is 172 g/mol. The van der Waals surface area contributed by atoms with Crippen molar-refractivity contribution in [3.8, 4) is 0 Å². The van der Waals surface area contributed by atoms with Crippen molar-refractivity contribution in [3.63, 3.8) is 0 Å². The number of hydrogen-bond acceptors (Lipinski definition) is 7. The molecule has 0 radical (unpaired) electrons. The minimum absolute atomic E-state index is 0.159. The SMILES string of the molecule is [O-][n+]1nc2c(no[n+]2[O-])[n+]([O-])n1. The average molecular weight is 172 g/mol. The Bertz CT molecular complexity index is 436. The highest BCUT2D eigenvalue weighted by molar-refractivity contribution is 5.52.